The summed E-state index contributed by atoms with van der Waals surface area (Å²) in [6.07, 6.45) is 8.97. The van der Waals surface area contributed by atoms with Crippen LogP contribution in [0.15, 0.2) is 61.1 Å². The summed E-state index contributed by atoms with van der Waals surface area (Å²) in [4.78, 5) is 25.2. The molecule has 1 fully saturated rings. The zero-order chi connectivity index (χ0) is 17.1. The fourth-order valence-electron chi connectivity index (χ4n) is 3.03. The van der Waals surface area contributed by atoms with Crippen molar-refractivity contribution in [1.82, 2.24) is 19.3 Å². The predicted octanol–water partition coefficient (Wildman–Crippen LogP) is 2.09. The lowest BCUT2D eigenvalue weighted by Crippen LogP contribution is -2.48. The Morgan fingerprint density at radius 3 is 2.64 bits per heavy atom. The van der Waals surface area contributed by atoms with Crippen LogP contribution in [0.25, 0.3) is 11.7 Å². The number of carbonyl (C=O) groups excluding carboxylic acids is 1. The molecule has 3 aromatic rings. The Morgan fingerprint density at radius 2 is 1.84 bits per heavy atom. The van der Waals surface area contributed by atoms with E-state index in [4.69, 9.17) is 0 Å². The van der Waals surface area contributed by atoms with E-state index in [0.717, 1.165) is 30.2 Å². The Morgan fingerprint density at radius 1 is 1.00 bits per heavy atom. The minimum atomic E-state index is 0.0338. The van der Waals surface area contributed by atoms with Gasteiger partial charge in [0.1, 0.15) is 11.5 Å². The molecule has 0 saturated carbocycles. The number of aromatic nitrogens is 3. The molecule has 1 saturated heterocycles. The molecule has 4 rings (SSSR count). The first-order chi connectivity index (χ1) is 12.3. The number of hydrogen-bond donors (Lipinski definition) is 0. The van der Waals surface area contributed by atoms with Crippen molar-refractivity contribution in [2.24, 2.45) is 0 Å². The number of rotatable bonds is 3. The number of piperazine rings is 1. The van der Waals surface area contributed by atoms with Crippen LogP contribution in [0.4, 0.5) is 5.82 Å². The molecule has 1 amide bonds. The average Bonchev–Trinajstić information content (AvgIpc) is 3.10. The first-order valence-electron chi connectivity index (χ1n) is 8.36. The summed E-state index contributed by atoms with van der Waals surface area (Å²) in [5.74, 6) is 1.00. The van der Waals surface area contributed by atoms with Crippen molar-refractivity contribution < 1.29 is 4.79 Å². The summed E-state index contributed by atoms with van der Waals surface area (Å²) >= 11 is 0. The standard InChI is InChI=1S/C19H19N5O/c25-19(8-7-16-15-21-18-6-2-4-10-24(16)18)23-13-11-22(12-14-23)17-5-1-3-9-20-17/h1-10,15H,11-14H2/b8-7+. The van der Waals surface area contributed by atoms with Gasteiger partial charge in [0.2, 0.25) is 5.91 Å². The lowest BCUT2D eigenvalue weighted by atomic mass is 10.3. The van der Waals surface area contributed by atoms with Gasteiger partial charge in [-0.15, -0.1) is 0 Å². The SMILES string of the molecule is O=C(/C=C/c1cnc2ccccn12)N1CCN(c2ccccn2)CC1. The second-order valence-corrected chi connectivity index (χ2v) is 5.95. The van der Waals surface area contributed by atoms with Gasteiger partial charge in [-0.1, -0.05) is 12.1 Å². The van der Waals surface area contributed by atoms with Crippen molar-refractivity contribution in [1.29, 1.82) is 0 Å². The molecule has 126 valence electrons. The van der Waals surface area contributed by atoms with Gasteiger partial charge in [0.05, 0.1) is 11.9 Å². The Bertz CT molecular complexity index is 894. The fourth-order valence-corrected chi connectivity index (χ4v) is 3.03. The van der Waals surface area contributed by atoms with Gasteiger partial charge in [-0.25, -0.2) is 9.97 Å². The fraction of sp³-hybridized carbons (Fsp3) is 0.211. The van der Waals surface area contributed by atoms with Gasteiger partial charge in [-0.3, -0.25) is 4.79 Å². The Labute approximate surface area is 146 Å². The van der Waals surface area contributed by atoms with E-state index >= 15 is 0 Å². The highest BCUT2D eigenvalue weighted by molar-refractivity contribution is 5.91. The molecule has 3 aromatic heterocycles. The van der Waals surface area contributed by atoms with Gasteiger partial charge in [-0.2, -0.15) is 0 Å². The molecule has 0 radical (unpaired) electrons. The molecule has 6 nitrogen and oxygen atoms in total. The lowest BCUT2D eigenvalue weighted by molar-refractivity contribution is -0.126. The number of pyridine rings is 2. The third-order valence-corrected chi connectivity index (χ3v) is 4.41. The number of anilines is 1. The van der Waals surface area contributed by atoms with E-state index in [-0.39, 0.29) is 5.91 Å². The summed E-state index contributed by atoms with van der Waals surface area (Å²) in [7, 11) is 0. The normalized spacial score (nSPS) is 15.2. The Hall–Kier alpha value is -3.15. The molecule has 0 aromatic carbocycles. The van der Waals surface area contributed by atoms with Gasteiger partial charge < -0.3 is 14.2 Å². The molecule has 1 aliphatic rings. The van der Waals surface area contributed by atoms with Crippen molar-refractivity contribution in [3.8, 4) is 0 Å². The molecule has 6 heteroatoms. The van der Waals surface area contributed by atoms with Crippen molar-refractivity contribution in [2.75, 3.05) is 31.1 Å². The van der Waals surface area contributed by atoms with Crippen LogP contribution in [0.2, 0.25) is 0 Å². The molecule has 0 aliphatic carbocycles. The van der Waals surface area contributed by atoms with E-state index in [0.29, 0.717) is 13.1 Å². The summed E-state index contributed by atoms with van der Waals surface area (Å²) in [5.41, 5.74) is 1.77. The molecular formula is C19H19N5O. The number of hydrogen-bond acceptors (Lipinski definition) is 4. The van der Waals surface area contributed by atoms with E-state index in [1.165, 1.54) is 0 Å². The van der Waals surface area contributed by atoms with E-state index in [2.05, 4.69) is 14.9 Å². The number of amides is 1. The average molecular weight is 333 g/mol. The lowest BCUT2D eigenvalue weighted by Gasteiger charge is -2.34. The van der Waals surface area contributed by atoms with Crippen molar-refractivity contribution in [2.45, 2.75) is 0 Å². The number of carbonyl (C=O) groups is 1. The smallest absolute Gasteiger partial charge is 0.246 e. The zero-order valence-electron chi connectivity index (χ0n) is 13.8. The summed E-state index contributed by atoms with van der Waals surface area (Å²) in [6, 6.07) is 11.7. The topological polar surface area (TPSA) is 53.7 Å². The largest absolute Gasteiger partial charge is 0.353 e. The van der Waals surface area contributed by atoms with E-state index < -0.39 is 0 Å². The number of fused-ring (bicyclic) bond motifs is 1. The maximum atomic E-state index is 12.4. The van der Waals surface area contributed by atoms with E-state index in [1.807, 2.05) is 58.0 Å². The zero-order valence-corrected chi connectivity index (χ0v) is 13.8. The van der Waals surface area contributed by atoms with Crippen molar-refractivity contribution in [3.05, 3.63) is 66.8 Å². The molecule has 0 atom stereocenters. The summed E-state index contributed by atoms with van der Waals surface area (Å²) in [6.45, 7) is 3.00. The van der Waals surface area contributed by atoms with Crippen LogP contribution in [-0.4, -0.2) is 51.4 Å². The molecule has 0 N–H and O–H groups in total. The van der Waals surface area contributed by atoms with Gasteiger partial charge >= 0.3 is 0 Å². The highest BCUT2D eigenvalue weighted by Gasteiger charge is 2.20. The second-order valence-electron chi connectivity index (χ2n) is 5.95. The van der Waals surface area contributed by atoms with Crippen LogP contribution in [0.3, 0.4) is 0 Å². The maximum Gasteiger partial charge on any atom is 0.246 e. The highest BCUT2D eigenvalue weighted by Crippen LogP contribution is 2.13. The Balaban J connectivity index is 1.39. The minimum Gasteiger partial charge on any atom is -0.353 e. The number of imidazole rings is 1. The van der Waals surface area contributed by atoms with Crippen LogP contribution in [0.1, 0.15) is 5.69 Å². The van der Waals surface area contributed by atoms with Gasteiger partial charge in [0, 0.05) is 44.6 Å². The van der Waals surface area contributed by atoms with Crippen LogP contribution in [0, 0.1) is 0 Å². The van der Waals surface area contributed by atoms with Crippen LogP contribution in [0.5, 0.6) is 0 Å². The third kappa shape index (κ3) is 3.24. The Kier molecular flexibility index (Phi) is 4.16. The van der Waals surface area contributed by atoms with Gasteiger partial charge in [0.15, 0.2) is 0 Å². The third-order valence-electron chi connectivity index (χ3n) is 4.41. The minimum absolute atomic E-state index is 0.0338. The van der Waals surface area contributed by atoms with Gasteiger partial charge in [-0.05, 0) is 30.3 Å². The van der Waals surface area contributed by atoms with Crippen LogP contribution in [-0.2, 0) is 4.79 Å². The summed E-state index contributed by atoms with van der Waals surface area (Å²) in [5, 5.41) is 0. The first kappa shape index (κ1) is 15.4. The van der Waals surface area contributed by atoms with Gasteiger partial charge in [0.25, 0.3) is 0 Å². The molecule has 0 spiro atoms. The summed E-state index contributed by atoms with van der Waals surface area (Å²) < 4.78 is 1.96. The molecule has 0 unspecified atom stereocenters. The van der Waals surface area contributed by atoms with Crippen molar-refractivity contribution >= 4 is 23.4 Å². The van der Waals surface area contributed by atoms with Crippen LogP contribution < -0.4 is 4.90 Å². The van der Waals surface area contributed by atoms with E-state index in [1.54, 1.807) is 18.5 Å². The van der Waals surface area contributed by atoms with Crippen LogP contribution >= 0.6 is 0 Å². The maximum absolute atomic E-state index is 12.4. The molecule has 4 heterocycles. The first-order valence-corrected chi connectivity index (χ1v) is 8.36. The quantitative estimate of drug-likeness (QED) is 0.689. The molecule has 25 heavy (non-hydrogen) atoms. The molecular weight excluding hydrogens is 314 g/mol. The molecule has 0 bridgehead atoms. The number of nitrogens with zero attached hydrogens (tertiary/aromatic N) is 5. The monoisotopic (exact) mass is 333 g/mol. The second kappa shape index (κ2) is 6.76. The predicted molar refractivity (Wildman–Crippen MR) is 97.3 cm³/mol. The highest BCUT2D eigenvalue weighted by atomic mass is 16.2. The van der Waals surface area contributed by atoms with Crippen molar-refractivity contribution in [3.63, 3.8) is 0 Å². The molecule has 1 aliphatic heterocycles. The van der Waals surface area contributed by atoms with E-state index in [9.17, 15) is 4.79 Å².